The number of aromatic nitrogens is 1. The van der Waals surface area contributed by atoms with Crippen LogP contribution in [0.2, 0.25) is 0 Å². The van der Waals surface area contributed by atoms with Crippen LogP contribution < -0.4 is 5.32 Å². The first-order valence-electron chi connectivity index (χ1n) is 6.96. The number of nitrogens with one attached hydrogen (secondary N) is 1. The fourth-order valence-corrected chi connectivity index (χ4v) is 1.94. The smallest absolute Gasteiger partial charge is 0.125 e. The second-order valence-electron chi connectivity index (χ2n) is 7.48. The van der Waals surface area contributed by atoms with E-state index in [0.717, 1.165) is 12.2 Å². The van der Waals surface area contributed by atoms with Crippen LogP contribution >= 0.6 is 0 Å². The Morgan fingerprint density at radius 2 is 1.79 bits per heavy atom. The average molecular weight is 264 g/mol. The first-order valence-corrected chi connectivity index (χ1v) is 6.96. The SMILES string of the molecule is CC(C)(C)CC(O)CNc1ccc(C(C)(C)C)cn1. The van der Waals surface area contributed by atoms with Gasteiger partial charge >= 0.3 is 0 Å². The van der Waals surface area contributed by atoms with Gasteiger partial charge in [0, 0.05) is 12.7 Å². The number of aliphatic hydroxyl groups excluding tert-OH is 1. The number of hydrogen-bond donors (Lipinski definition) is 2. The third-order valence-corrected chi connectivity index (χ3v) is 3.00. The van der Waals surface area contributed by atoms with Gasteiger partial charge in [0.2, 0.25) is 0 Å². The van der Waals surface area contributed by atoms with Crippen molar-refractivity contribution in [2.75, 3.05) is 11.9 Å². The molecule has 0 aromatic carbocycles. The number of hydrogen-bond acceptors (Lipinski definition) is 3. The van der Waals surface area contributed by atoms with Gasteiger partial charge in [-0.2, -0.15) is 0 Å². The summed E-state index contributed by atoms with van der Waals surface area (Å²) in [5, 5.41) is 13.1. The van der Waals surface area contributed by atoms with Crippen molar-refractivity contribution < 1.29 is 5.11 Å². The highest BCUT2D eigenvalue weighted by molar-refractivity contribution is 5.37. The largest absolute Gasteiger partial charge is 0.391 e. The summed E-state index contributed by atoms with van der Waals surface area (Å²) in [5.74, 6) is 0.820. The molecule has 1 aromatic heterocycles. The lowest BCUT2D eigenvalue weighted by Gasteiger charge is -2.23. The molecular formula is C16H28N2O. The Kier molecular flexibility index (Phi) is 4.97. The molecule has 0 saturated carbocycles. The Morgan fingerprint density at radius 3 is 2.21 bits per heavy atom. The summed E-state index contributed by atoms with van der Waals surface area (Å²) in [5.41, 5.74) is 1.48. The molecule has 0 aliphatic carbocycles. The van der Waals surface area contributed by atoms with Crippen LogP contribution in [0, 0.1) is 5.41 Å². The quantitative estimate of drug-likeness (QED) is 0.873. The topological polar surface area (TPSA) is 45.1 Å². The van der Waals surface area contributed by atoms with Crippen LogP contribution in [0.4, 0.5) is 5.82 Å². The molecule has 0 bridgehead atoms. The van der Waals surface area contributed by atoms with E-state index in [1.54, 1.807) is 0 Å². The zero-order valence-corrected chi connectivity index (χ0v) is 13.1. The zero-order chi connectivity index (χ0) is 14.7. The van der Waals surface area contributed by atoms with E-state index in [0.29, 0.717) is 6.54 Å². The first kappa shape index (κ1) is 16.0. The van der Waals surface area contributed by atoms with Gasteiger partial charge in [-0.15, -0.1) is 0 Å². The van der Waals surface area contributed by atoms with E-state index in [1.807, 2.05) is 12.3 Å². The van der Waals surface area contributed by atoms with Crippen molar-refractivity contribution in [1.82, 2.24) is 4.98 Å². The molecular weight excluding hydrogens is 236 g/mol. The van der Waals surface area contributed by atoms with Gasteiger partial charge in [-0.1, -0.05) is 47.6 Å². The predicted molar refractivity (Wildman–Crippen MR) is 81.5 cm³/mol. The standard InChI is InChI=1S/C16H28N2O/c1-15(2,3)9-13(19)11-18-14-8-7-12(10-17-14)16(4,5)6/h7-8,10,13,19H,9,11H2,1-6H3,(H,17,18). The van der Waals surface area contributed by atoms with Gasteiger partial charge in [0.05, 0.1) is 6.10 Å². The number of pyridine rings is 1. The number of rotatable bonds is 4. The lowest BCUT2D eigenvalue weighted by atomic mass is 9.88. The van der Waals surface area contributed by atoms with Gasteiger partial charge in [0.15, 0.2) is 0 Å². The van der Waals surface area contributed by atoms with Crippen LogP contribution in [0.3, 0.4) is 0 Å². The number of nitrogens with zero attached hydrogens (tertiary/aromatic N) is 1. The van der Waals surface area contributed by atoms with Crippen LogP contribution in [-0.2, 0) is 5.41 Å². The molecule has 108 valence electrons. The molecule has 1 heterocycles. The van der Waals surface area contributed by atoms with E-state index >= 15 is 0 Å². The zero-order valence-electron chi connectivity index (χ0n) is 13.1. The van der Waals surface area contributed by atoms with E-state index in [2.05, 4.69) is 57.9 Å². The molecule has 19 heavy (non-hydrogen) atoms. The van der Waals surface area contributed by atoms with E-state index in [9.17, 15) is 5.11 Å². The van der Waals surface area contributed by atoms with Gasteiger partial charge in [-0.25, -0.2) is 4.98 Å². The molecule has 3 nitrogen and oxygen atoms in total. The van der Waals surface area contributed by atoms with E-state index in [4.69, 9.17) is 0 Å². The maximum atomic E-state index is 9.94. The summed E-state index contributed by atoms with van der Waals surface area (Å²) in [6, 6.07) is 4.07. The molecule has 1 atom stereocenters. The average Bonchev–Trinajstić information content (AvgIpc) is 2.23. The molecule has 0 fully saturated rings. The Hall–Kier alpha value is -1.09. The second kappa shape index (κ2) is 5.91. The summed E-state index contributed by atoms with van der Waals surface area (Å²) in [6.45, 7) is 13.4. The minimum absolute atomic E-state index is 0.122. The second-order valence-corrected chi connectivity index (χ2v) is 7.48. The lowest BCUT2D eigenvalue weighted by molar-refractivity contribution is 0.132. The van der Waals surface area contributed by atoms with E-state index < -0.39 is 0 Å². The van der Waals surface area contributed by atoms with Crippen LogP contribution in [0.25, 0.3) is 0 Å². The van der Waals surface area contributed by atoms with E-state index in [-0.39, 0.29) is 16.9 Å². The highest BCUT2D eigenvalue weighted by Crippen LogP contribution is 2.23. The third kappa shape index (κ3) is 6.06. The van der Waals surface area contributed by atoms with Gasteiger partial charge in [0.1, 0.15) is 5.82 Å². The molecule has 1 aromatic rings. The van der Waals surface area contributed by atoms with Gasteiger partial charge in [0.25, 0.3) is 0 Å². The predicted octanol–water partition coefficient (Wildman–Crippen LogP) is 3.59. The first-order chi connectivity index (χ1) is 8.58. The molecule has 1 rings (SSSR count). The van der Waals surface area contributed by atoms with Crippen LogP contribution in [-0.4, -0.2) is 22.7 Å². The Labute approximate surface area is 117 Å². The monoisotopic (exact) mass is 264 g/mol. The molecule has 0 aliphatic rings. The summed E-state index contributed by atoms with van der Waals surface area (Å²) >= 11 is 0. The Morgan fingerprint density at radius 1 is 1.16 bits per heavy atom. The molecule has 3 heteroatoms. The summed E-state index contributed by atoms with van der Waals surface area (Å²) in [4.78, 5) is 4.39. The molecule has 0 spiro atoms. The van der Waals surface area contributed by atoms with Crippen molar-refractivity contribution in [3.63, 3.8) is 0 Å². The van der Waals surface area contributed by atoms with Gasteiger partial charge in [-0.3, -0.25) is 0 Å². The van der Waals surface area contributed by atoms with Gasteiger partial charge < -0.3 is 10.4 Å². The molecule has 1 unspecified atom stereocenters. The maximum Gasteiger partial charge on any atom is 0.125 e. The minimum atomic E-state index is -0.343. The van der Waals surface area contributed by atoms with Crippen LogP contribution in [0.1, 0.15) is 53.5 Å². The van der Waals surface area contributed by atoms with Crippen molar-refractivity contribution in [2.24, 2.45) is 5.41 Å². The normalized spacial score (nSPS) is 14.3. The molecule has 0 amide bonds. The minimum Gasteiger partial charge on any atom is -0.391 e. The Bertz CT molecular complexity index is 385. The fraction of sp³-hybridized carbons (Fsp3) is 0.688. The molecule has 0 saturated heterocycles. The summed E-state index contributed by atoms with van der Waals surface area (Å²) in [7, 11) is 0. The number of aliphatic hydroxyl groups is 1. The molecule has 2 N–H and O–H groups in total. The fourth-order valence-electron chi connectivity index (χ4n) is 1.94. The highest BCUT2D eigenvalue weighted by Gasteiger charge is 2.17. The lowest BCUT2D eigenvalue weighted by Crippen LogP contribution is -2.25. The highest BCUT2D eigenvalue weighted by atomic mass is 16.3. The van der Waals surface area contributed by atoms with E-state index in [1.165, 1.54) is 5.56 Å². The van der Waals surface area contributed by atoms with Crippen molar-refractivity contribution in [1.29, 1.82) is 0 Å². The molecule has 0 aliphatic heterocycles. The van der Waals surface area contributed by atoms with Crippen molar-refractivity contribution in [3.8, 4) is 0 Å². The number of anilines is 1. The summed E-state index contributed by atoms with van der Waals surface area (Å²) in [6.07, 6.45) is 2.34. The van der Waals surface area contributed by atoms with Crippen LogP contribution in [0.15, 0.2) is 18.3 Å². The van der Waals surface area contributed by atoms with Gasteiger partial charge in [-0.05, 0) is 28.9 Å². The summed E-state index contributed by atoms with van der Waals surface area (Å²) < 4.78 is 0. The molecule has 0 radical (unpaired) electrons. The Balaban J connectivity index is 2.51. The van der Waals surface area contributed by atoms with Crippen LogP contribution in [0.5, 0.6) is 0 Å². The van der Waals surface area contributed by atoms with Crippen molar-refractivity contribution >= 4 is 5.82 Å². The third-order valence-electron chi connectivity index (χ3n) is 3.00. The van der Waals surface area contributed by atoms with Crippen molar-refractivity contribution in [3.05, 3.63) is 23.9 Å². The maximum absolute atomic E-state index is 9.94. The van der Waals surface area contributed by atoms with Crippen molar-refractivity contribution in [2.45, 2.75) is 59.5 Å².